The van der Waals surface area contributed by atoms with E-state index in [1.165, 1.54) is 22.8 Å². The number of hydrogen-bond donors (Lipinski definition) is 2. The summed E-state index contributed by atoms with van der Waals surface area (Å²) in [7, 11) is 0. The van der Waals surface area contributed by atoms with Gasteiger partial charge >= 0.3 is 6.18 Å². The predicted molar refractivity (Wildman–Crippen MR) is 76.7 cm³/mol. The zero-order valence-corrected chi connectivity index (χ0v) is 12.2. The number of nitrogens with zero attached hydrogens (tertiary/aromatic N) is 2. The number of nitrogens with one attached hydrogen (secondary N) is 1. The third-order valence-electron chi connectivity index (χ3n) is 4.16. The zero-order chi connectivity index (χ0) is 16.9. The predicted octanol–water partition coefficient (Wildman–Crippen LogP) is 0.661. The van der Waals surface area contributed by atoms with Crippen LogP contribution < -0.4 is 20.9 Å². The Bertz CT molecular complexity index is 676. The Morgan fingerprint density at radius 3 is 2.70 bits per heavy atom. The first-order valence-corrected chi connectivity index (χ1v) is 7.03. The second-order valence-corrected chi connectivity index (χ2v) is 5.56. The smallest absolute Gasteiger partial charge is 0.368 e. The Kier molecular flexibility index (Phi) is 3.47. The number of rotatable bonds is 2. The Morgan fingerprint density at radius 1 is 1.39 bits per heavy atom. The van der Waals surface area contributed by atoms with Gasteiger partial charge in [-0.05, 0) is 25.1 Å². The number of carbonyl (C=O) groups is 2. The lowest BCUT2D eigenvalue weighted by molar-refractivity contribution is -0.137. The summed E-state index contributed by atoms with van der Waals surface area (Å²) in [5.74, 6) is -0.935. The minimum Gasteiger partial charge on any atom is -0.368 e. The van der Waals surface area contributed by atoms with Gasteiger partial charge in [0, 0.05) is 6.54 Å². The molecule has 3 rings (SSSR count). The number of nitrogens with two attached hydrogens (primary N) is 1. The van der Waals surface area contributed by atoms with Gasteiger partial charge in [0.2, 0.25) is 11.8 Å². The second-order valence-electron chi connectivity index (χ2n) is 5.56. The highest BCUT2D eigenvalue weighted by Gasteiger charge is 2.45. The molecule has 23 heavy (non-hydrogen) atoms. The standard InChI is InChI=1S/C14H15F3N4O2/c1-7(13(18)23)20-10-4-8(14(15,16)17)2-3-9(10)21-11(20)5-19-6-12(21)22/h2-4,7,11,19H,5-6H2,1H3,(H2,18,23)/t7-,11+/m1/s1. The highest BCUT2D eigenvalue weighted by atomic mass is 19.4. The molecule has 1 aromatic rings. The molecule has 2 heterocycles. The van der Waals surface area contributed by atoms with Gasteiger partial charge in [0.15, 0.2) is 0 Å². The first kappa shape index (κ1) is 15.6. The van der Waals surface area contributed by atoms with Crippen molar-refractivity contribution < 1.29 is 22.8 Å². The molecule has 0 radical (unpaired) electrons. The van der Waals surface area contributed by atoms with Crippen LogP contribution in [-0.2, 0) is 15.8 Å². The molecule has 1 saturated heterocycles. The number of piperazine rings is 1. The molecular formula is C14H15F3N4O2. The molecular weight excluding hydrogens is 313 g/mol. The molecule has 1 aromatic carbocycles. The first-order chi connectivity index (χ1) is 10.7. The topological polar surface area (TPSA) is 78.7 Å². The van der Waals surface area contributed by atoms with Crippen LogP contribution in [0.15, 0.2) is 18.2 Å². The number of benzene rings is 1. The van der Waals surface area contributed by atoms with Crippen molar-refractivity contribution in [3.8, 4) is 0 Å². The summed E-state index contributed by atoms with van der Waals surface area (Å²) < 4.78 is 39.0. The number of primary amides is 1. The van der Waals surface area contributed by atoms with E-state index in [9.17, 15) is 22.8 Å². The number of amides is 2. The molecule has 2 atom stereocenters. The average molecular weight is 328 g/mol. The first-order valence-electron chi connectivity index (χ1n) is 7.03. The average Bonchev–Trinajstić information content (AvgIpc) is 2.80. The Hall–Kier alpha value is -2.29. The van der Waals surface area contributed by atoms with Gasteiger partial charge in [-0.25, -0.2) is 0 Å². The summed E-state index contributed by atoms with van der Waals surface area (Å²) in [6.45, 7) is 1.93. The van der Waals surface area contributed by atoms with Crippen LogP contribution in [0.4, 0.5) is 24.5 Å². The largest absolute Gasteiger partial charge is 0.416 e. The van der Waals surface area contributed by atoms with Crippen molar-refractivity contribution >= 4 is 23.2 Å². The lowest BCUT2D eigenvalue weighted by Gasteiger charge is -2.37. The summed E-state index contributed by atoms with van der Waals surface area (Å²) in [6.07, 6.45) is -5.08. The molecule has 0 unspecified atom stereocenters. The highest BCUT2D eigenvalue weighted by Crippen LogP contribution is 2.44. The molecule has 0 saturated carbocycles. The van der Waals surface area contributed by atoms with E-state index in [0.717, 1.165) is 12.1 Å². The Labute approximate surface area is 130 Å². The van der Waals surface area contributed by atoms with Gasteiger partial charge in [0.1, 0.15) is 12.2 Å². The maximum atomic E-state index is 13.0. The fourth-order valence-electron chi connectivity index (χ4n) is 3.04. The van der Waals surface area contributed by atoms with Crippen molar-refractivity contribution in [2.45, 2.75) is 25.3 Å². The van der Waals surface area contributed by atoms with Crippen molar-refractivity contribution in [2.75, 3.05) is 22.9 Å². The molecule has 2 amide bonds. The number of carbonyl (C=O) groups excluding carboxylic acids is 2. The summed E-state index contributed by atoms with van der Waals surface area (Å²) in [6, 6.07) is 2.31. The van der Waals surface area contributed by atoms with Crippen LogP contribution in [0.25, 0.3) is 0 Å². The lowest BCUT2D eigenvalue weighted by atomic mass is 10.1. The number of fused-ring (bicyclic) bond motifs is 3. The Balaban J connectivity index is 2.14. The molecule has 1 fully saturated rings. The number of hydrogen-bond acceptors (Lipinski definition) is 4. The van der Waals surface area contributed by atoms with Crippen LogP contribution >= 0.6 is 0 Å². The minimum absolute atomic E-state index is 0.0930. The van der Waals surface area contributed by atoms with Crippen LogP contribution in [0.1, 0.15) is 12.5 Å². The summed E-state index contributed by atoms with van der Waals surface area (Å²) >= 11 is 0. The SMILES string of the molecule is C[C@H](C(N)=O)N1c2cc(C(F)(F)F)ccc2N2C(=O)CNC[C@H]21. The maximum absolute atomic E-state index is 13.0. The second kappa shape index (κ2) is 5.12. The van der Waals surface area contributed by atoms with Gasteiger partial charge in [0.25, 0.3) is 0 Å². The van der Waals surface area contributed by atoms with Crippen molar-refractivity contribution in [1.82, 2.24) is 5.32 Å². The molecule has 9 heteroatoms. The van der Waals surface area contributed by atoms with E-state index in [0.29, 0.717) is 12.2 Å². The summed E-state index contributed by atoms with van der Waals surface area (Å²) in [5, 5.41) is 2.90. The molecule has 0 spiro atoms. The van der Waals surface area contributed by atoms with Crippen LogP contribution in [0.5, 0.6) is 0 Å². The summed E-state index contributed by atoms with van der Waals surface area (Å²) in [5.41, 5.74) is 5.04. The van der Waals surface area contributed by atoms with Crippen molar-refractivity contribution in [3.05, 3.63) is 23.8 Å². The lowest BCUT2D eigenvalue weighted by Crippen LogP contribution is -2.61. The minimum atomic E-state index is -4.51. The third kappa shape index (κ3) is 2.40. The normalized spacial score (nSPS) is 21.9. The molecule has 2 aliphatic rings. The molecule has 0 aliphatic carbocycles. The quantitative estimate of drug-likeness (QED) is 0.836. The summed E-state index contributed by atoms with van der Waals surface area (Å²) in [4.78, 5) is 26.6. The molecule has 3 N–H and O–H groups in total. The fraction of sp³-hybridized carbons (Fsp3) is 0.429. The van der Waals surface area contributed by atoms with Gasteiger partial charge in [-0.2, -0.15) is 13.2 Å². The van der Waals surface area contributed by atoms with Crippen LogP contribution in [-0.4, -0.2) is 37.1 Å². The van der Waals surface area contributed by atoms with Crippen LogP contribution in [0.3, 0.4) is 0 Å². The van der Waals surface area contributed by atoms with Gasteiger partial charge in [-0.15, -0.1) is 0 Å². The van der Waals surface area contributed by atoms with Crippen molar-refractivity contribution in [3.63, 3.8) is 0 Å². The number of anilines is 2. The zero-order valence-electron chi connectivity index (χ0n) is 12.2. The fourth-order valence-corrected chi connectivity index (χ4v) is 3.04. The highest BCUT2D eigenvalue weighted by molar-refractivity contribution is 6.03. The van der Waals surface area contributed by atoms with E-state index < -0.39 is 29.9 Å². The maximum Gasteiger partial charge on any atom is 0.416 e. The van der Waals surface area contributed by atoms with Gasteiger partial charge < -0.3 is 16.0 Å². The van der Waals surface area contributed by atoms with Crippen LogP contribution in [0.2, 0.25) is 0 Å². The molecule has 6 nitrogen and oxygen atoms in total. The third-order valence-corrected chi connectivity index (χ3v) is 4.16. The van der Waals surface area contributed by atoms with Crippen LogP contribution in [0, 0.1) is 0 Å². The number of alkyl halides is 3. The molecule has 2 aliphatic heterocycles. The van der Waals surface area contributed by atoms with Gasteiger partial charge in [-0.1, -0.05) is 0 Å². The van der Waals surface area contributed by atoms with Gasteiger partial charge in [-0.3, -0.25) is 14.5 Å². The Morgan fingerprint density at radius 2 is 2.09 bits per heavy atom. The van der Waals surface area contributed by atoms with Crippen molar-refractivity contribution in [1.29, 1.82) is 0 Å². The van der Waals surface area contributed by atoms with Crippen molar-refractivity contribution in [2.24, 2.45) is 5.73 Å². The van der Waals surface area contributed by atoms with E-state index in [1.807, 2.05) is 0 Å². The van der Waals surface area contributed by atoms with Gasteiger partial charge in [0.05, 0.1) is 23.5 Å². The molecule has 0 bridgehead atoms. The van der Waals surface area contributed by atoms with E-state index in [-0.39, 0.29) is 18.1 Å². The molecule has 124 valence electrons. The van der Waals surface area contributed by atoms with E-state index >= 15 is 0 Å². The number of halogens is 3. The van der Waals surface area contributed by atoms with E-state index in [1.54, 1.807) is 0 Å². The molecule has 0 aromatic heterocycles. The monoisotopic (exact) mass is 328 g/mol. The van der Waals surface area contributed by atoms with E-state index in [4.69, 9.17) is 5.73 Å². The van der Waals surface area contributed by atoms with E-state index in [2.05, 4.69) is 5.32 Å².